The van der Waals surface area contributed by atoms with Crippen LogP contribution in [0.25, 0.3) is 0 Å². The number of rotatable bonds is 6. The van der Waals surface area contributed by atoms with E-state index >= 15 is 0 Å². The van der Waals surface area contributed by atoms with Crippen molar-refractivity contribution in [2.45, 2.75) is 17.5 Å². The van der Waals surface area contributed by atoms with Gasteiger partial charge in [0.25, 0.3) is 0 Å². The molecular formula is C15H14N4OS. The summed E-state index contributed by atoms with van der Waals surface area (Å²) in [5, 5.41) is 7.47. The summed E-state index contributed by atoms with van der Waals surface area (Å²) in [5.41, 5.74) is 2.13. The van der Waals surface area contributed by atoms with Crippen LogP contribution in [-0.2, 0) is 12.4 Å². The molecule has 3 aromatic rings. The molecule has 0 spiro atoms. The van der Waals surface area contributed by atoms with Crippen LogP contribution in [0.4, 0.5) is 0 Å². The van der Waals surface area contributed by atoms with Crippen LogP contribution in [-0.4, -0.2) is 20.2 Å². The second-order valence-corrected chi connectivity index (χ2v) is 5.30. The van der Waals surface area contributed by atoms with Gasteiger partial charge in [-0.15, -0.1) is 0 Å². The van der Waals surface area contributed by atoms with Crippen molar-refractivity contribution in [3.8, 4) is 5.75 Å². The molecule has 21 heavy (non-hydrogen) atoms. The van der Waals surface area contributed by atoms with E-state index in [9.17, 15) is 0 Å². The molecule has 0 radical (unpaired) electrons. The number of hydrogen-bond acceptors (Lipinski definition) is 5. The normalized spacial score (nSPS) is 10.5. The third kappa shape index (κ3) is 4.06. The lowest BCUT2D eigenvalue weighted by Gasteiger charge is -2.06. The van der Waals surface area contributed by atoms with Crippen molar-refractivity contribution < 1.29 is 4.74 Å². The standard InChI is InChI=1S/C15H14N4OS/c1-2-8-16-13(3-1)9-20-14-6-4-12(5-7-14)10-21-15-17-11-18-19-15/h1-8,11H,9-10H2,(H,17,18,19). The van der Waals surface area contributed by atoms with Crippen molar-refractivity contribution in [2.75, 3.05) is 0 Å². The smallest absolute Gasteiger partial charge is 0.183 e. The fourth-order valence-electron chi connectivity index (χ4n) is 1.74. The van der Waals surface area contributed by atoms with Gasteiger partial charge in [-0.2, -0.15) is 5.10 Å². The van der Waals surface area contributed by atoms with Crippen LogP contribution in [0, 0.1) is 0 Å². The quantitative estimate of drug-likeness (QED) is 0.709. The number of nitrogens with zero attached hydrogens (tertiary/aromatic N) is 3. The number of pyridine rings is 1. The molecule has 2 heterocycles. The average Bonchev–Trinajstić information content (AvgIpc) is 3.06. The minimum absolute atomic E-state index is 0.479. The molecule has 0 saturated heterocycles. The highest BCUT2D eigenvalue weighted by Gasteiger charge is 2.00. The Kier molecular flexibility index (Phi) is 4.48. The lowest BCUT2D eigenvalue weighted by Crippen LogP contribution is -1.97. The Bertz CT molecular complexity index is 656. The Morgan fingerprint density at radius 3 is 2.67 bits per heavy atom. The highest BCUT2D eigenvalue weighted by molar-refractivity contribution is 7.98. The van der Waals surface area contributed by atoms with E-state index in [-0.39, 0.29) is 0 Å². The molecule has 0 fully saturated rings. The van der Waals surface area contributed by atoms with Crippen LogP contribution in [0.5, 0.6) is 5.75 Å². The number of nitrogens with one attached hydrogen (secondary N) is 1. The Morgan fingerprint density at radius 1 is 1.05 bits per heavy atom. The molecule has 0 amide bonds. The highest BCUT2D eigenvalue weighted by atomic mass is 32.2. The first-order valence-corrected chi connectivity index (χ1v) is 7.48. The lowest BCUT2D eigenvalue weighted by atomic mass is 10.2. The van der Waals surface area contributed by atoms with Gasteiger partial charge in [-0.3, -0.25) is 10.1 Å². The first-order chi connectivity index (χ1) is 10.4. The van der Waals surface area contributed by atoms with Crippen molar-refractivity contribution in [3.05, 3.63) is 66.2 Å². The van der Waals surface area contributed by atoms with Crippen molar-refractivity contribution in [3.63, 3.8) is 0 Å². The van der Waals surface area contributed by atoms with Gasteiger partial charge in [0.05, 0.1) is 5.69 Å². The molecule has 0 atom stereocenters. The van der Waals surface area contributed by atoms with Gasteiger partial charge < -0.3 is 4.74 Å². The van der Waals surface area contributed by atoms with E-state index in [4.69, 9.17) is 4.74 Å². The van der Waals surface area contributed by atoms with Crippen LogP contribution in [0.2, 0.25) is 0 Å². The largest absolute Gasteiger partial charge is 0.487 e. The first-order valence-electron chi connectivity index (χ1n) is 6.50. The summed E-state index contributed by atoms with van der Waals surface area (Å²) >= 11 is 1.62. The van der Waals surface area contributed by atoms with E-state index in [2.05, 4.69) is 32.3 Å². The number of hydrogen-bond donors (Lipinski definition) is 1. The van der Waals surface area contributed by atoms with E-state index < -0.39 is 0 Å². The Morgan fingerprint density at radius 2 is 1.95 bits per heavy atom. The summed E-state index contributed by atoms with van der Waals surface area (Å²) in [4.78, 5) is 8.30. The van der Waals surface area contributed by atoms with Crippen LogP contribution in [0.1, 0.15) is 11.3 Å². The molecule has 0 aliphatic rings. The van der Waals surface area contributed by atoms with E-state index in [1.807, 2.05) is 30.3 Å². The fourth-order valence-corrected chi connectivity index (χ4v) is 2.47. The zero-order valence-electron chi connectivity index (χ0n) is 11.3. The van der Waals surface area contributed by atoms with E-state index in [1.54, 1.807) is 18.0 Å². The van der Waals surface area contributed by atoms with Crippen molar-refractivity contribution in [1.82, 2.24) is 20.2 Å². The van der Waals surface area contributed by atoms with Gasteiger partial charge in [-0.1, -0.05) is 30.0 Å². The number of aromatic nitrogens is 4. The maximum atomic E-state index is 5.70. The van der Waals surface area contributed by atoms with Gasteiger partial charge in [-0.25, -0.2) is 4.98 Å². The highest BCUT2D eigenvalue weighted by Crippen LogP contribution is 2.20. The van der Waals surface area contributed by atoms with E-state index in [0.717, 1.165) is 22.4 Å². The molecular weight excluding hydrogens is 284 g/mol. The number of aromatic amines is 1. The zero-order valence-corrected chi connectivity index (χ0v) is 12.1. The minimum atomic E-state index is 0.479. The van der Waals surface area contributed by atoms with Crippen LogP contribution in [0.15, 0.2) is 60.1 Å². The maximum Gasteiger partial charge on any atom is 0.183 e. The molecule has 0 aliphatic heterocycles. The second kappa shape index (κ2) is 6.90. The van der Waals surface area contributed by atoms with Crippen molar-refractivity contribution >= 4 is 11.8 Å². The van der Waals surface area contributed by atoms with Crippen LogP contribution < -0.4 is 4.74 Å². The lowest BCUT2D eigenvalue weighted by molar-refractivity contribution is 0.301. The van der Waals surface area contributed by atoms with Gasteiger partial charge in [0.1, 0.15) is 18.7 Å². The topological polar surface area (TPSA) is 63.7 Å². The molecule has 1 N–H and O–H groups in total. The van der Waals surface area contributed by atoms with Crippen LogP contribution >= 0.6 is 11.8 Å². The molecule has 106 valence electrons. The summed E-state index contributed by atoms with van der Waals surface area (Å²) in [6.45, 7) is 0.479. The van der Waals surface area contributed by atoms with Gasteiger partial charge in [0.15, 0.2) is 5.16 Å². The van der Waals surface area contributed by atoms with Crippen LogP contribution in [0.3, 0.4) is 0 Å². The van der Waals surface area contributed by atoms with Gasteiger partial charge in [0.2, 0.25) is 0 Å². The predicted octanol–water partition coefficient (Wildman–Crippen LogP) is 3.07. The summed E-state index contributed by atoms with van der Waals surface area (Å²) in [6, 6.07) is 13.8. The average molecular weight is 298 g/mol. The SMILES string of the molecule is c1ccc(COc2ccc(CSc3ncn[nH]3)cc2)nc1. The maximum absolute atomic E-state index is 5.70. The van der Waals surface area contributed by atoms with Crippen molar-refractivity contribution in [2.24, 2.45) is 0 Å². The number of benzene rings is 1. The molecule has 3 rings (SSSR count). The Labute approximate surface area is 126 Å². The third-order valence-corrected chi connectivity index (χ3v) is 3.75. The summed E-state index contributed by atoms with van der Waals surface area (Å²) in [7, 11) is 0. The second-order valence-electron chi connectivity index (χ2n) is 4.33. The Hall–Kier alpha value is -2.34. The van der Waals surface area contributed by atoms with Gasteiger partial charge in [0, 0.05) is 11.9 Å². The molecule has 0 unspecified atom stereocenters. The van der Waals surface area contributed by atoms with E-state index in [1.165, 1.54) is 11.9 Å². The van der Waals surface area contributed by atoms with Gasteiger partial charge in [-0.05, 0) is 29.8 Å². The molecule has 0 saturated carbocycles. The zero-order chi connectivity index (χ0) is 14.3. The summed E-state index contributed by atoms with van der Waals surface area (Å²) < 4.78 is 5.70. The molecule has 5 nitrogen and oxygen atoms in total. The summed E-state index contributed by atoms with van der Waals surface area (Å²) in [5.74, 6) is 1.68. The molecule has 2 aromatic heterocycles. The minimum Gasteiger partial charge on any atom is -0.487 e. The third-order valence-electron chi connectivity index (χ3n) is 2.80. The number of thioether (sulfide) groups is 1. The molecule has 0 aliphatic carbocycles. The number of ether oxygens (including phenoxy) is 1. The van der Waals surface area contributed by atoms with E-state index in [0.29, 0.717) is 6.61 Å². The monoisotopic (exact) mass is 298 g/mol. The molecule has 0 bridgehead atoms. The fraction of sp³-hybridized carbons (Fsp3) is 0.133. The van der Waals surface area contributed by atoms with Crippen molar-refractivity contribution in [1.29, 1.82) is 0 Å². The summed E-state index contributed by atoms with van der Waals surface area (Å²) in [6.07, 6.45) is 3.28. The molecule has 1 aromatic carbocycles. The van der Waals surface area contributed by atoms with Gasteiger partial charge >= 0.3 is 0 Å². The Balaban J connectivity index is 1.52. The first kappa shape index (κ1) is 13.6. The molecule has 6 heteroatoms. The number of H-pyrrole nitrogens is 1. The predicted molar refractivity (Wildman–Crippen MR) is 81.0 cm³/mol.